The second-order valence-electron chi connectivity index (χ2n) is 6.63. The van der Waals surface area contributed by atoms with Gasteiger partial charge in [-0.2, -0.15) is 0 Å². The van der Waals surface area contributed by atoms with Gasteiger partial charge in [0.05, 0.1) is 17.8 Å². The molecule has 0 spiro atoms. The number of halogens is 1. The smallest absolute Gasteiger partial charge is 0.281 e. The third kappa shape index (κ3) is 4.76. The number of nitrogens with one attached hydrogen (secondary N) is 1. The molecule has 1 N–H and O–H groups in total. The predicted molar refractivity (Wildman–Crippen MR) is 124 cm³/mol. The number of pyridine rings is 1. The molecule has 1 fully saturated rings. The molecule has 8 heteroatoms. The average Bonchev–Trinajstić information content (AvgIpc) is 3.06. The van der Waals surface area contributed by atoms with Crippen molar-refractivity contribution < 1.29 is 13.9 Å². The zero-order valence-corrected chi connectivity index (χ0v) is 18.2. The van der Waals surface area contributed by atoms with Crippen molar-refractivity contribution in [3.8, 4) is 5.75 Å². The van der Waals surface area contributed by atoms with Gasteiger partial charge in [-0.05, 0) is 72.4 Å². The Balaban J connectivity index is 1.57. The van der Waals surface area contributed by atoms with Crippen LogP contribution in [0, 0.1) is 5.82 Å². The van der Waals surface area contributed by atoms with Gasteiger partial charge >= 0.3 is 0 Å². The van der Waals surface area contributed by atoms with Crippen LogP contribution < -0.4 is 15.0 Å². The predicted octanol–water partition coefficient (Wildman–Crippen LogP) is 4.78. The van der Waals surface area contributed by atoms with Gasteiger partial charge in [0.25, 0.3) is 5.91 Å². The van der Waals surface area contributed by atoms with Gasteiger partial charge in [-0.15, -0.1) is 11.8 Å². The summed E-state index contributed by atoms with van der Waals surface area (Å²) in [4.78, 5) is 18.6. The first-order chi connectivity index (χ1) is 15.0. The van der Waals surface area contributed by atoms with Crippen molar-refractivity contribution in [3.63, 3.8) is 0 Å². The zero-order valence-electron chi connectivity index (χ0n) is 16.5. The molecule has 31 heavy (non-hydrogen) atoms. The number of nitrogens with zero attached hydrogens (tertiary/aromatic N) is 2. The van der Waals surface area contributed by atoms with Crippen LogP contribution in [0.4, 0.5) is 10.1 Å². The Morgan fingerprint density at radius 3 is 2.71 bits per heavy atom. The molecule has 0 unspecified atom stereocenters. The molecule has 1 amide bonds. The molecule has 1 aliphatic rings. The molecule has 0 bridgehead atoms. The summed E-state index contributed by atoms with van der Waals surface area (Å²) >= 11 is 6.92. The van der Waals surface area contributed by atoms with E-state index in [4.69, 9.17) is 17.0 Å². The Hall–Kier alpha value is -3.23. The number of hydrogen-bond acceptors (Lipinski definition) is 5. The van der Waals surface area contributed by atoms with Crippen molar-refractivity contribution in [2.45, 2.75) is 10.8 Å². The molecule has 2 aromatic carbocycles. The van der Waals surface area contributed by atoms with Crippen molar-refractivity contribution in [1.82, 2.24) is 10.3 Å². The summed E-state index contributed by atoms with van der Waals surface area (Å²) < 4.78 is 18.7. The molecule has 1 saturated heterocycles. The van der Waals surface area contributed by atoms with E-state index in [1.807, 2.05) is 36.4 Å². The lowest BCUT2D eigenvalue weighted by Crippen LogP contribution is -2.30. The van der Waals surface area contributed by atoms with Crippen LogP contribution in [0.2, 0.25) is 0 Å². The molecule has 0 radical (unpaired) electrons. The lowest BCUT2D eigenvalue weighted by atomic mass is 10.1. The van der Waals surface area contributed by atoms with Crippen molar-refractivity contribution in [2.24, 2.45) is 0 Å². The maximum atomic E-state index is 13.2. The number of carbonyl (C=O) groups excluding carboxylic acids is 1. The van der Waals surface area contributed by atoms with Crippen molar-refractivity contribution in [2.75, 3.05) is 12.0 Å². The first-order valence-electron chi connectivity index (χ1n) is 9.38. The summed E-state index contributed by atoms with van der Waals surface area (Å²) in [6.07, 6.45) is 3.50. The van der Waals surface area contributed by atoms with E-state index in [1.54, 1.807) is 31.1 Å². The second-order valence-corrected chi connectivity index (χ2v) is 8.02. The minimum atomic E-state index is -0.376. The highest BCUT2D eigenvalue weighted by Crippen LogP contribution is 2.29. The molecule has 156 valence electrons. The van der Waals surface area contributed by atoms with Gasteiger partial charge < -0.3 is 10.1 Å². The van der Waals surface area contributed by atoms with Gasteiger partial charge in [0.15, 0.2) is 5.11 Å². The van der Waals surface area contributed by atoms with E-state index in [-0.39, 0.29) is 16.8 Å². The normalized spacial score (nSPS) is 14.8. The fourth-order valence-corrected chi connectivity index (χ4v) is 4.25. The summed E-state index contributed by atoms with van der Waals surface area (Å²) in [6.45, 7) is 0. The highest BCUT2D eigenvalue weighted by atomic mass is 32.2. The molecule has 0 atom stereocenters. The maximum Gasteiger partial charge on any atom is 0.281 e. The second kappa shape index (κ2) is 9.28. The quantitative estimate of drug-likeness (QED) is 0.331. The number of aromatic nitrogens is 1. The monoisotopic (exact) mass is 451 g/mol. The minimum Gasteiger partial charge on any atom is -0.496 e. The van der Waals surface area contributed by atoms with E-state index in [0.29, 0.717) is 17.1 Å². The molecular weight excluding hydrogens is 433 g/mol. The van der Waals surface area contributed by atoms with E-state index in [2.05, 4.69) is 10.3 Å². The molecule has 1 aliphatic heterocycles. The average molecular weight is 452 g/mol. The van der Waals surface area contributed by atoms with E-state index in [0.717, 1.165) is 21.9 Å². The largest absolute Gasteiger partial charge is 0.496 e. The van der Waals surface area contributed by atoms with Crippen LogP contribution >= 0.6 is 24.0 Å². The number of anilines is 1. The van der Waals surface area contributed by atoms with Crippen molar-refractivity contribution in [1.29, 1.82) is 0 Å². The summed E-state index contributed by atoms with van der Waals surface area (Å²) in [7, 11) is 1.63. The topological polar surface area (TPSA) is 54.5 Å². The van der Waals surface area contributed by atoms with Crippen LogP contribution in [-0.2, 0) is 10.5 Å². The molecule has 0 saturated carbocycles. The third-order valence-corrected chi connectivity index (χ3v) is 5.87. The van der Waals surface area contributed by atoms with E-state index in [9.17, 15) is 9.18 Å². The molecular formula is C23H18FN3O2S2. The van der Waals surface area contributed by atoms with E-state index >= 15 is 0 Å². The van der Waals surface area contributed by atoms with Crippen LogP contribution in [-0.4, -0.2) is 23.1 Å². The Morgan fingerprint density at radius 1 is 1.19 bits per heavy atom. The number of amides is 1. The molecule has 3 aromatic rings. The van der Waals surface area contributed by atoms with Crippen LogP contribution in [0.3, 0.4) is 0 Å². The molecule has 0 aliphatic carbocycles. The minimum absolute atomic E-state index is 0.252. The lowest BCUT2D eigenvalue weighted by Gasteiger charge is -2.13. The number of carbonyl (C=O) groups is 1. The Bertz CT molecular complexity index is 1150. The van der Waals surface area contributed by atoms with Gasteiger partial charge in [-0.25, -0.2) is 9.37 Å². The van der Waals surface area contributed by atoms with E-state index in [1.165, 1.54) is 29.2 Å². The summed E-state index contributed by atoms with van der Waals surface area (Å²) in [5, 5.41) is 4.12. The van der Waals surface area contributed by atoms with Gasteiger partial charge in [0, 0.05) is 17.5 Å². The lowest BCUT2D eigenvalue weighted by molar-refractivity contribution is -0.113. The highest BCUT2D eigenvalue weighted by molar-refractivity contribution is 7.98. The molecule has 1 aromatic heterocycles. The Labute approximate surface area is 188 Å². The number of hydrogen-bond donors (Lipinski definition) is 1. The van der Waals surface area contributed by atoms with Gasteiger partial charge in [0.1, 0.15) is 17.3 Å². The van der Waals surface area contributed by atoms with Gasteiger partial charge in [-0.3, -0.25) is 9.69 Å². The number of benzene rings is 2. The van der Waals surface area contributed by atoms with E-state index < -0.39 is 0 Å². The number of thioether (sulfide) groups is 1. The van der Waals surface area contributed by atoms with Gasteiger partial charge in [0.2, 0.25) is 0 Å². The SMILES string of the molecule is COc1ccc(/C=C2/NC(=S)N(c3ccc(F)cc3)C2=O)cc1CSc1ccccn1. The van der Waals surface area contributed by atoms with Crippen LogP contribution in [0.5, 0.6) is 5.75 Å². The van der Waals surface area contributed by atoms with Crippen molar-refractivity contribution in [3.05, 3.63) is 89.5 Å². The van der Waals surface area contributed by atoms with Gasteiger partial charge in [-0.1, -0.05) is 12.1 Å². The fourth-order valence-electron chi connectivity index (χ4n) is 3.11. The standard InChI is InChI=1S/C23H18FN3O2S2/c1-29-20-10-5-15(12-16(20)14-31-21-4-2-3-11-25-21)13-19-22(28)27(23(30)26-19)18-8-6-17(24)7-9-18/h2-13H,14H2,1H3,(H,26,30)/b19-13+. The molecule has 4 rings (SSSR count). The summed E-state index contributed by atoms with van der Waals surface area (Å²) in [5.41, 5.74) is 2.67. The number of ether oxygens (including phenoxy) is 1. The first kappa shape index (κ1) is 21.0. The van der Waals surface area contributed by atoms with Crippen LogP contribution in [0.15, 0.2) is 77.6 Å². The van der Waals surface area contributed by atoms with Crippen LogP contribution in [0.25, 0.3) is 6.08 Å². The third-order valence-electron chi connectivity index (χ3n) is 4.59. The maximum absolute atomic E-state index is 13.2. The number of thiocarbonyl (C=S) groups is 1. The Morgan fingerprint density at radius 2 is 2.00 bits per heavy atom. The number of methoxy groups -OCH3 is 1. The zero-order chi connectivity index (χ0) is 21.8. The summed E-state index contributed by atoms with van der Waals surface area (Å²) in [6, 6.07) is 17.1. The van der Waals surface area contributed by atoms with Crippen molar-refractivity contribution >= 4 is 46.8 Å². The van der Waals surface area contributed by atoms with Crippen LogP contribution in [0.1, 0.15) is 11.1 Å². The molecule has 2 heterocycles. The first-order valence-corrected chi connectivity index (χ1v) is 10.8. The highest BCUT2D eigenvalue weighted by Gasteiger charge is 2.31. The fraction of sp³-hybridized carbons (Fsp3) is 0.0870. The molecule has 5 nitrogen and oxygen atoms in total. The number of rotatable bonds is 6. The Kier molecular flexibility index (Phi) is 6.29. The summed E-state index contributed by atoms with van der Waals surface area (Å²) in [5.74, 6) is 0.759.